The standard InChI is InChI=1S/C21H36N2O/c24-21(20-18-12-16-11-17(14-18)15-19(20)13-16)22-7-3-1-4-8-23-9-5-2-6-10-23/h16-20H,1-15H2,(H,22,24). The number of carbonyl (C=O) groups is 1. The van der Waals surface area contributed by atoms with E-state index in [4.69, 9.17) is 0 Å². The maximum Gasteiger partial charge on any atom is 0.223 e. The molecule has 3 heteroatoms. The van der Waals surface area contributed by atoms with Gasteiger partial charge in [-0.2, -0.15) is 0 Å². The molecule has 0 unspecified atom stereocenters. The van der Waals surface area contributed by atoms with Crippen LogP contribution < -0.4 is 5.32 Å². The summed E-state index contributed by atoms with van der Waals surface area (Å²) in [6.07, 6.45) is 14.8. The lowest BCUT2D eigenvalue weighted by atomic mass is 9.51. The van der Waals surface area contributed by atoms with E-state index >= 15 is 0 Å². The molecule has 1 amide bonds. The van der Waals surface area contributed by atoms with Crippen LogP contribution in [-0.2, 0) is 4.79 Å². The molecule has 0 aromatic carbocycles. The summed E-state index contributed by atoms with van der Waals surface area (Å²) < 4.78 is 0. The first-order valence-corrected chi connectivity index (χ1v) is 10.8. The highest BCUT2D eigenvalue weighted by Gasteiger charge is 2.50. The van der Waals surface area contributed by atoms with Gasteiger partial charge in [0.25, 0.3) is 0 Å². The molecule has 24 heavy (non-hydrogen) atoms. The minimum atomic E-state index is 0.367. The van der Waals surface area contributed by atoms with Gasteiger partial charge in [-0.1, -0.05) is 12.8 Å². The summed E-state index contributed by atoms with van der Waals surface area (Å²) in [6, 6.07) is 0. The number of nitrogens with zero attached hydrogens (tertiary/aromatic N) is 1. The second-order valence-electron chi connectivity index (χ2n) is 9.21. The zero-order chi connectivity index (χ0) is 16.4. The normalized spacial score (nSPS) is 38.4. The second-order valence-corrected chi connectivity index (χ2v) is 9.21. The van der Waals surface area contributed by atoms with Gasteiger partial charge in [0.2, 0.25) is 5.91 Å². The molecule has 3 nitrogen and oxygen atoms in total. The topological polar surface area (TPSA) is 32.3 Å². The summed E-state index contributed by atoms with van der Waals surface area (Å²) in [5.74, 6) is 4.14. The van der Waals surface area contributed by atoms with E-state index in [9.17, 15) is 4.79 Å². The monoisotopic (exact) mass is 332 g/mol. The molecule has 4 aliphatic carbocycles. The zero-order valence-electron chi connectivity index (χ0n) is 15.3. The van der Waals surface area contributed by atoms with Crippen LogP contribution in [-0.4, -0.2) is 37.0 Å². The van der Waals surface area contributed by atoms with Crippen LogP contribution in [0.2, 0.25) is 0 Å². The fraction of sp³-hybridized carbons (Fsp3) is 0.952. The number of likely N-dealkylation sites (tertiary alicyclic amines) is 1. The third-order valence-electron chi connectivity index (χ3n) is 7.43. The molecule has 5 fully saturated rings. The second kappa shape index (κ2) is 7.76. The van der Waals surface area contributed by atoms with Gasteiger partial charge in [0, 0.05) is 12.5 Å². The van der Waals surface area contributed by atoms with Gasteiger partial charge in [0.1, 0.15) is 0 Å². The predicted molar refractivity (Wildman–Crippen MR) is 97.7 cm³/mol. The van der Waals surface area contributed by atoms with Crippen LogP contribution in [0.5, 0.6) is 0 Å². The molecule has 0 aromatic rings. The minimum absolute atomic E-state index is 0.367. The van der Waals surface area contributed by atoms with Crippen molar-refractivity contribution < 1.29 is 4.79 Å². The van der Waals surface area contributed by atoms with Gasteiger partial charge in [0.05, 0.1) is 0 Å². The Labute approximate surface area is 147 Å². The van der Waals surface area contributed by atoms with Crippen molar-refractivity contribution in [1.29, 1.82) is 0 Å². The molecule has 5 aliphatic rings. The van der Waals surface area contributed by atoms with Gasteiger partial charge in [-0.25, -0.2) is 0 Å². The molecule has 4 saturated carbocycles. The summed E-state index contributed by atoms with van der Waals surface area (Å²) in [5, 5.41) is 3.30. The van der Waals surface area contributed by atoms with E-state index < -0.39 is 0 Å². The number of amides is 1. The third kappa shape index (κ3) is 3.81. The minimum Gasteiger partial charge on any atom is -0.356 e. The Kier molecular flexibility index (Phi) is 5.46. The first-order valence-electron chi connectivity index (χ1n) is 10.8. The zero-order valence-corrected chi connectivity index (χ0v) is 15.3. The number of piperidine rings is 1. The summed E-state index contributed by atoms with van der Waals surface area (Å²) >= 11 is 0. The summed E-state index contributed by atoms with van der Waals surface area (Å²) in [4.78, 5) is 15.3. The molecule has 1 heterocycles. The molecule has 4 bridgehead atoms. The Morgan fingerprint density at radius 2 is 1.50 bits per heavy atom. The highest BCUT2D eigenvalue weighted by molar-refractivity contribution is 5.79. The molecule has 0 radical (unpaired) electrons. The van der Waals surface area contributed by atoms with Crippen molar-refractivity contribution in [2.75, 3.05) is 26.2 Å². The van der Waals surface area contributed by atoms with Crippen LogP contribution in [0.15, 0.2) is 0 Å². The van der Waals surface area contributed by atoms with Gasteiger partial charge in [-0.05, 0) is 101 Å². The van der Waals surface area contributed by atoms with E-state index in [1.54, 1.807) is 0 Å². The Hall–Kier alpha value is -0.570. The summed E-state index contributed by atoms with van der Waals surface area (Å²) in [5.41, 5.74) is 0. The van der Waals surface area contributed by atoms with Gasteiger partial charge in [-0.3, -0.25) is 4.79 Å². The molecule has 5 rings (SSSR count). The van der Waals surface area contributed by atoms with Gasteiger partial charge in [-0.15, -0.1) is 0 Å². The number of rotatable bonds is 7. The average molecular weight is 333 g/mol. The predicted octanol–water partition coefficient (Wildman–Crippen LogP) is 3.83. The van der Waals surface area contributed by atoms with Crippen molar-refractivity contribution in [3.8, 4) is 0 Å². The maximum absolute atomic E-state index is 12.7. The van der Waals surface area contributed by atoms with Crippen LogP contribution in [0.3, 0.4) is 0 Å². The molecule has 136 valence electrons. The van der Waals surface area contributed by atoms with Crippen molar-refractivity contribution in [1.82, 2.24) is 10.2 Å². The van der Waals surface area contributed by atoms with E-state index in [0.29, 0.717) is 11.8 Å². The molecule has 1 saturated heterocycles. The number of hydrogen-bond acceptors (Lipinski definition) is 2. The summed E-state index contributed by atoms with van der Waals surface area (Å²) in [7, 11) is 0. The lowest BCUT2D eigenvalue weighted by Gasteiger charge is -2.53. The maximum atomic E-state index is 12.7. The molecule has 1 N–H and O–H groups in total. The number of carbonyl (C=O) groups excluding carboxylic acids is 1. The third-order valence-corrected chi connectivity index (χ3v) is 7.43. The first kappa shape index (κ1) is 16.9. The van der Waals surface area contributed by atoms with Crippen molar-refractivity contribution >= 4 is 5.91 Å². The molecular weight excluding hydrogens is 296 g/mol. The highest BCUT2D eigenvalue weighted by Crippen LogP contribution is 2.56. The van der Waals surface area contributed by atoms with Crippen molar-refractivity contribution in [3.05, 3.63) is 0 Å². The largest absolute Gasteiger partial charge is 0.356 e. The van der Waals surface area contributed by atoms with E-state index in [2.05, 4.69) is 10.2 Å². The highest BCUT2D eigenvalue weighted by atomic mass is 16.1. The van der Waals surface area contributed by atoms with E-state index in [1.165, 1.54) is 83.8 Å². The Morgan fingerprint density at radius 3 is 2.17 bits per heavy atom. The number of hydrogen-bond donors (Lipinski definition) is 1. The number of nitrogens with one attached hydrogen (secondary N) is 1. The van der Waals surface area contributed by atoms with Crippen molar-refractivity contribution in [2.45, 2.75) is 70.6 Å². The first-order chi connectivity index (χ1) is 11.8. The SMILES string of the molecule is O=C(NCCCCCN1CCCCC1)C1C2CC3CC(C2)CC1C3. The Morgan fingerprint density at radius 1 is 0.833 bits per heavy atom. The number of unbranched alkanes of at least 4 members (excludes halogenated alkanes) is 2. The fourth-order valence-corrected chi connectivity index (χ4v) is 6.50. The van der Waals surface area contributed by atoms with Crippen LogP contribution in [0.25, 0.3) is 0 Å². The van der Waals surface area contributed by atoms with E-state index in [1.807, 2.05) is 0 Å². The fourth-order valence-electron chi connectivity index (χ4n) is 6.50. The van der Waals surface area contributed by atoms with Crippen molar-refractivity contribution in [2.24, 2.45) is 29.6 Å². The smallest absolute Gasteiger partial charge is 0.223 e. The molecule has 0 spiro atoms. The van der Waals surface area contributed by atoms with Gasteiger partial charge < -0.3 is 10.2 Å². The molecular formula is C21H36N2O. The average Bonchev–Trinajstić information content (AvgIpc) is 2.58. The van der Waals surface area contributed by atoms with E-state index in [-0.39, 0.29) is 0 Å². The van der Waals surface area contributed by atoms with E-state index in [0.717, 1.165) is 36.6 Å². The van der Waals surface area contributed by atoms with Crippen LogP contribution in [0, 0.1) is 29.6 Å². The lowest BCUT2D eigenvalue weighted by Crippen LogP contribution is -2.51. The Bertz CT molecular complexity index is 402. The quantitative estimate of drug-likeness (QED) is 0.719. The van der Waals surface area contributed by atoms with Crippen molar-refractivity contribution in [3.63, 3.8) is 0 Å². The van der Waals surface area contributed by atoms with Crippen LogP contribution in [0.1, 0.15) is 70.6 Å². The van der Waals surface area contributed by atoms with Gasteiger partial charge in [0.15, 0.2) is 0 Å². The van der Waals surface area contributed by atoms with Gasteiger partial charge >= 0.3 is 0 Å². The molecule has 0 atom stereocenters. The lowest BCUT2D eigenvalue weighted by molar-refractivity contribution is -0.138. The molecule has 1 aliphatic heterocycles. The summed E-state index contributed by atoms with van der Waals surface area (Å²) in [6.45, 7) is 4.79. The van der Waals surface area contributed by atoms with Crippen LogP contribution in [0.4, 0.5) is 0 Å². The van der Waals surface area contributed by atoms with Crippen LogP contribution >= 0.6 is 0 Å². The Balaban J connectivity index is 1.11. The molecule has 0 aromatic heterocycles.